The van der Waals surface area contributed by atoms with Crippen LogP contribution < -0.4 is 9.47 Å². The SMILES string of the molecule is C=CC1=CCC2(Cl)C(=O)C(Cl)=C(Cl)C(=O)C2(Cl)C1c1cc(OC)c(O)c(OC)c1. The van der Waals surface area contributed by atoms with Gasteiger partial charge in [0.2, 0.25) is 5.75 Å². The van der Waals surface area contributed by atoms with Gasteiger partial charge in [0, 0.05) is 5.92 Å². The van der Waals surface area contributed by atoms with Gasteiger partial charge in [-0.15, -0.1) is 23.2 Å². The Bertz CT molecular complexity index is 974. The van der Waals surface area contributed by atoms with E-state index >= 15 is 0 Å². The molecule has 0 aromatic heterocycles. The second kappa shape index (κ2) is 7.55. The van der Waals surface area contributed by atoms with E-state index in [9.17, 15) is 14.7 Å². The molecule has 0 saturated heterocycles. The normalized spacial score (nSPS) is 29.3. The van der Waals surface area contributed by atoms with Crippen molar-refractivity contribution in [2.75, 3.05) is 14.2 Å². The molecule has 0 aliphatic heterocycles. The number of hydrogen-bond acceptors (Lipinski definition) is 5. The Labute approximate surface area is 187 Å². The topological polar surface area (TPSA) is 72.8 Å². The summed E-state index contributed by atoms with van der Waals surface area (Å²) < 4.78 is 10.4. The van der Waals surface area contributed by atoms with Crippen molar-refractivity contribution >= 4 is 58.0 Å². The average molecular weight is 478 g/mol. The van der Waals surface area contributed by atoms with Gasteiger partial charge in [0.15, 0.2) is 23.1 Å². The van der Waals surface area contributed by atoms with Gasteiger partial charge in [-0.2, -0.15) is 0 Å². The highest BCUT2D eigenvalue weighted by molar-refractivity contribution is 6.66. The van der Waals surface area contributed by atoms with Crippen LogP contribution >= 0.6 is 46.4 Å². The molecule has 154 valence electrons. The molecule has 0 heterocycles. The van der Waals surface area contributed by atoms with E-state index in [0.29, 0.717) is 11.1 Å². The molecule has 0 spiro atoms. The maximum absolute atomic E-state index is 13.2. The summed E-state index contributed by atoms with van der Waals surface area (Å²) in [6.07, 6.45) is 3.14. The van der Waals surface area contributed by atoms with Gasteiger partial charge < -0.3 is 14.6 Å². The number of aromatic hydroxyl groups is 1. The van der Waals surface area contributed by atoms with E-state index in [2.05, 4.69) is 6.58 Å². The lowest BCUT2D eigenvalue weighted by atomic mass is 9.62. The lowest BCUT2D eigenvalue weighted by molar-refractivity contribution is -0.127. The first-order valence-electron chi connectivity index (χ1n) is 8.38. The Balaban J connectivity index is 2.37. The van der Waals surface area contributed by atoms with E-state index in [4.69, 9.17) is 55.9 Å². The number of rotatable bonds is 4. The number of carbonyl (C=O) groups is 2. The Morgan fingerprint density at radius 3 is 2.10 bits per heavy atom. The number of allylic oxidation sites excluding steroid dienone is 5. The van der Waals surface area contributed by atoms with E-state index in [1.54, 1.807) is 6.08 Å². The third-order valence-electron chi connectivity index (χ3n) is 5.28. The van der Waals surface area contributed by atoms with Crippen LogP contribution in [0.1, 0.15) is 17.9 Å². The molecule has 2 aliphatic carbocycles. The summed E-state index contributed by atoms with van der Waals surface area (Å²) in [5.41, 5.74) is 0.959. The molecule has 2 aliphatic rings. The highest BCUT2D eigenvalue weighted by Gasteiger charge is 2.68. The second-order valence-electron chi connectivity index (χ2n) is 6.62. The second-order valence-corrected chi connectivity index (χ2v) is 8.62. The lowest BCUT2D eigenvalue weighted by Gasteiger charge is -2.50. The molecule has 3 rings (SSSR count). The highest BCUT2D eigenvalue weighted by atomic mass is 35.5. The number of methoxy groups -OCH3 is 2. The van der Waals surface area contributed by atoms with Crippen LogP contribution in [0.25, 0.3) is 0 Å². The van der Waals surface area contributed by atoms with Crippen molar-refractivity contribution in [2.45, 2.75) is 22.1 Å². The zero-order chi connectivity index (χ0) is 21.7. The van der Waals surface area contributed by atoms with Crippen LogP contribution in [0.5, 0.6) is 17.2 Å². The molecule has 1 N–H and O–H groups in total. The lowest BCUT2D eigenvalue weighted by Crippen LogP contribution is -2.64. The van der Waals surface area contributed by atoms with E-state index in [1.807, 2.05) is 0 Å². The predicted molar refractivity (Wildman–Crippen MR) is 113 cm³/mol. The Hall–Kier alpha value is -1.66. The van der Waals surface area contributed by atoms with Gasteiger partial charge >= 0.3 is 0 Å². The third kappa shape index (κ3) is 2.90. The maximum atomic E-state index is 13.2. The quantitative estimate of drug-likeness (QED) is 0.630. The van der Waals surface area contributed by atoms with Gasteiger partial charge in [0.1, 0.15) is 19.8 Å². The zero-order valence-electron chi connectivity index (χ0n) is 15.4. The van der Waals surface area contributed by atoms with Gasteiger partial charge in [-0.25, -0.2) is 0 Å². The summed E-state index contributed by atoms with van der Waals surface area (Å²) in [7, 11) is 2.72. The van der Waals surface area contributed by atoms with Crippen LogP contribution in [0.3, 0.4) is 0 Å². The number of Topliss-reactive ketones (excluding diaryl/α,β-unsaturated/α-hetero) is 2. The summed E-state index contributed by atoms with van der Waals surface area (Å²) in [5.74, 6) is -2.52. The van der Waals surface area contributed by atoms with Crippen molar-refractivity contribution in [2.24, 2.45) is 0 Å². The van der Waals surface area contributed by atoms with Crippen LogP contribution in [-0.4, -0.2) is 40.6 Å². The Morgan fingerprint density at radius 1 is 1.10 bits per heavy atom. The molecule has 0 fully saturated rings. The minimum atomic E-state index is -1.99. The summed E-state index contributed by atoms with van der Waals surface area (Å²) in [6.45, 7) is 3.78. The standard InChI is InChI=1S/C20H16Cl4O5/c1-4-9-5-6-19(23)17(26)14(21)15(22)18(27)20(19,24)13(9)10-7-11(28-2)16(25)12(8-10)29-3/h4-5,7-8,13,25H,1,6H2,2-3H3. The Kier molecular flexibility index (Phi) is 5.73. The van der Waals surface area contributed by atoms with Gasteiger partial charge in [0.25, 0.3) is 0 Å². The molecule has 29 heavy (non-hydrogen) atoms. The summed E-state index contributed by atoms with van der Waals surface area (Å²) >= 11 is 25.7. The van der Waals surface area contributed by atoms with Crippen LogP contribution in [0.2, 0.25) is 0 Å². The molecule has 9 heteroatoms. The molecule has 3 unspecified atom stereocenters. The van der Waals surface area contributed by atoms with E-state index in [1.165, 1.54) is 32.4 Å². The van der Waals surface area contributed by atoms with Crippen molar-refractivity contribution < 1.29 is 24.2 Å². The summed E-state index contributed by atoms with van der Waals surface area (Å²) in [6, 6.07) is 2.97. The fraction of sp³-hybridized carbons (Fsp3) is 0.300. The molecule has 0 radical (unpaired) electrons. The van der Waals surface area contributed by atoms with Gasteiger partial charge in [-0.3, -0.25) is 9.59 Å². The van der Waals surface area contributed by atoms with Crippen molar-refractivity contribution in [3.05, 3.63) is 52.1 Å². The molecular weight excluding hydrogens is 462 g/mol. The van der Waals surface area contributed by atoms with E-state index in [0.717, 1.165) is 0 Å². The fourth-order valence-corrected chi connectivity index (χ4v) is 5.24. The van der Waals surface area contributed by atoms with Crippen molar-refractivity contribution in [3.63, 3.8) is 0 Å². The molecule has 1 aromatic carbocycles. The number of carbonyl (C=O) groups excluding carboxylic acids is 2. The van der Waals surface area contributed by atoms with Crippen LogP contribution in [0.15, 0.2) is 46.5 Å². The minimum absolute atomic E-state index is 0.0484. The minimum Gasteiger partial charge on any atom is -0.502 e. The fourth-order valence-electron chi connectivity index (χ4n) is 3.79. The smallest absolute Gasteiger partial charge is 0.200 e. The molecule has 1 aromatic rings. The molecule has 3 atom stereocenters. The molecule has 0 bridgehead atoms. The van der Waals surface area contributed by atoms with Gasteiger partial charge in [0.05, 0.1) is 14.2 Å². The first kappa shape index (κ1) is 22.0. The van der Waals surface area contributed by atoms with Gasteiger partial charge in [-0.05, 0) is 29.7 Å². The number of phenols is 1. The number of hydrogen-bond donors (Lipinski definition) is 1. The average Bonchev–Trinajstić information content (AvgIpc) is 2.72. The number of phenolic OH excluding ortho intramolecular Hbond substituents is 1. The van der Waals surface area contributed by atoms with E-state index in [-0.39, 0.29) is 23.7 Å². The molecule has 5 nitrogen and oxygen atoms in total. The Morgan fingerprint density at radius 2 is 1.62 bits per heavy atom. The third-order valence-corrected chi connectivity index (χ3v) is 7.53. The number of benzene rings is 1. The first-order valence-corrected chi connectivity index (χ1v) is 9.89. The number of ketones is 2. The number of halogens is 4. The van der Waals surface area contributed by atoms with Gasteiger partial charge in [-0.1, -0.05) is 41.9 Å². The zero-order valence-corrected chi connectivity index (χ0v) is 18.4. The van der Waals surface area contributed by atoms with Crippen molar-refractivity contribution in [1.29, 1.82) is 0 Å². The molecule has 0 amide bonds. The maximum Gasteiger partial charge on any atom is 0.200 e. The summed E-state index contributed by atoms with van der Waals surface area (Å²) in [4.78, 5) is 22.3. The molecule has 0 saturated carbocycles. The van der Waals surface area contributed by atoms with Crippen LogP contribution in [0, 0.1) is 0 Å². The largest absolute Gasteiger partial charge is 0.502 e. The van der Waals surface area contributed by atoms with Crippen LogP contribution in [-0.2, 0) is 9.59 Å². The first-order chi connectivity index (χ1) is 13.6. The van der Waals surface area contributed by atoms with Crippen molar-refractivity contribution in [1.82, 2.24) is 0 Å². The predicted octanol–water partition coefficient (Wildman–Crippen LogP) is 4.81. The van der Waals surface area contributed by atoms with Crippen molar-refractivity contribution in [3.8, 4) is 17.2 Å². The molecular formula is C20H16Cl4O5. The van der Waals surface area contributed by atoms with E-state index < -0.39 is 37.3 Å². The monoisotopic (exact) mass is 476 g/mol. The number of ether oxygens (including phenoxy) is 2. The summed E-state index contributed by atoms with van der Waals surface area (Å²) in [5, 5.41) is 9.32. The number of fused-ring (bicyclic) bond motifs is 1. The van der Waals surface area contributed by atoms with Crippen LogP contribution in [0.4, 0.5) is 0 Å². The number of alkyl halides is 2. The highest BCUT2D eigenvalue weighted by Crippen LogP contribution is 2.60.